The molecule has 0 radical (unpaired) electrons. The van der Waals surface area contributed by atoms with E-state index in [-0.39, 0.29) is 5.06 Å². The van der Waals surface area contributed by atoms with E-state index in [0.29, 0.717) is 6.26 Å². The number of rotatable bonds is 2. The molecule has 0 rings (SSSR count). The number of carbonyl (C=O) groups is 1. The van der Waals surface area contributed by atoms with Crippen molar-refractivity contribution < 1.29 is 17.5 Å². The third-order valence-corrected chi connectivity index (χ3v) is 1.05. The summed E-state index contributed by atoms with van der Waals surface area (Å²) in [4.78, 5) is 10.4. The molecule has 0 fully saturated rings. The fourth-order valence-electron chi connectivity index (χ4n) is 0.331. The van der Waals surface area contributed by atoms with Gasteiger partial charge in [-0.05, 0) is 0 Å². The van der Waals surface area contributed by atoms with E-state index in [2.05, 4.69) is 10.0 Å². The Labute approximate surface area is 68.7 Å². The second-order valence-corrected chi connectivity index (χ2v) is 3.35. The van der Waals surface area contributed by atoms with Gasteiger partial charge in [-0.25, -0.2) is 4.79 Å². The largest absolute Gasteiger partial charge is 0.368 e. The summed E-state index contributed by atoms with van der Waals surface area (Å²) < 4.78 is 24.8. The van der Waals surface area contributed by atoms with E-state index in [0.717, 1.165) is 0 Å². The lowest BCUT2D eigenvalue weighted by molar-refractivity contribution is 0.0666. The van der Waals surface area contributed by atoms with Crippen LogP contribution in [0.2, 0.25) is 0 Å². The molecular weight excluding hydrogens is 188 g/mol. The van der Waals surface area contributed by atoms with Gasteiger partial charge in [-0.1, -0.05) is 0 Å². The van der Waals surface area contributed by atoms with Gasteiger partial charge < -0.3 is 11.5 Å². The first-order valence-corrected chi connectivity index (χ1v) is 4.39. The highest BCUT2D eigenvalue weighted by atomic mass is 32.2. The third kappa shape index (κ3) is 3.73. The summed E-state index contributed by atoms with van der Waals surface area (Å²) in [5, 5.41) is 6.63. The summed E-state index contributed by atoms with van der Waals surface area (Å²) in [5.74, 6) is -0.909. The molecule has 0 heterocycles. The number of nitrogens with two attached hydrogens (primary N) is 2. The van der Waals surface area contributed by atoms with Gasteiger partial charge >= 0.3 is 6.03 Å². The number of amides is 2. The van der Waals surface area contributed by atoms with Gasteiger partial charge in [0.1, 0.15) is 0 Å². The highest BCUT2D eigenvalue weighted by Crippen LogP contribution is 1.94. The lowest BCUT2D eigenvalue weighted by Crippen LogP contribution is -2.45. The Balaban J connectivity index is 4.58. The number of carbonyl (C=O) groups excluding carboxylic acids is 1. The second-order valence-electron chi connectivity index (χ2n) is 1.80. The van der Waals surface area contributed by atoms with Crippen LogP contribution in [0.5, 0.6) is 0 Å². The van der Waals surface area contributed by atoms with E-state index >= 15 is 0 Å². The van der Waals surface area contributed by atoms with E-state index in [9.17, 15) is 13.2 Å². The lowest BCUT2D eigenvalue weighted by Gasteiger charge is -2.14. The molecule has 0 bridgehead atoms. The number of hydroxylamine groups is 2. The Morgan fingerprint density at radius 1 is 1.50 bits per heavy atom. The molecule has 0 saturated carbocycles. The number of hydrogen-bond acceptors (Lipinski definition) is 5. The zero-order valence-corrected chi connectivity index (χ0v) is 6.96. The Bertz CT molecular complexity index is 281. The zero-order valence-electron chi connectivity index (χ0n) is 6.14. The van der Waals surface area contributed by atoms with Crippen LogP contribution in [0, 0.1) is 5.41 Å². The Morgan fingerprint density at radius 2 is 1.92 bits per heavy atom. The number of nitrogens with zero attached hydrogens (tertiary/aromatic N) is 1. The van der Waals surface area contributed by atoms with Crippen LogP contribution >= 0.6 is 0 Å². The van der Waals surface area contributed by atoms with Gasteiger partial charge in [-0.2, -0.15) is 8.42 Å². The molecule has 2 amide bonds. The van der Waals surface area contributed by atoms with E-state index in [4.69, 9.17) is 11.1 Å². The maximum Gasteiger partial charge on any atom is 0.347 e. The maximum atomic E-state index is 10.4. The maximum absolute atomic E-state index is 10.4. The number of urea groups is 1. The molecule has 0 aromatic carbocycles. The minimum Gasteiger partial charge on any atom is -0.368 e. The molecule has 0 aliphatic carbocycles. The quantitative estimate of drug-likeness (QED) is 0.270. The topological polar surface area (TPSA) is 140 Å². The van der Waals surface area contributed by atoms with Crippen LogP contribution in [-0.2, 0) is 14.4 Å². The highest BCUT2D eigenvalue weighted by molar-refractivity contribution is 7.85. The molecular formula is C3H8N4O4S. The summed E-state index contributed by atoms with van der Waals surface area (Å²) in [6.45, 7) is 0. The number of guanidine groups is 1. The molecule has 12 heavy (non-hydrogen) atoms. The average molecular weight is 196 g/mol. The van der Waals surface area contributed by atoms with Gasteiger partial charge in [-0.15, -0.1) is 9.35 Å². The zero-order chi connectivity index (χ0) is 9.94. The van der Waals surface area contributed by atoms with E-state index in [1.54, 1.807) is 0 Å². The first kappa shape index (κ1) is 10.7. The van der Waals surface area contributed by atoms with Gasteiger partial charge in [0.25, 0.3) is 10.1 Å². The molecule has 0 atom stereocenters. The van der Waals surface area contributed by atoms with Gasteiger partial charge in [0, 0.05) is 0 Å². The van der Waals surface area contributed by atoms with Crippen molar-refractivity contribution in [3.05, 3.63) is 0 Å². The Hall–Kier alpha value is -1.35. The Morgan fingerprint density at radius 3 is 2.00 bits per heavy atom. The first-order chi connectivity index (χ1) is 5.24. The van der Waals surface area contributed by atoms with E-state index in [1.807, 2.05) is 0 Å². The molecule has 8 nitrogen and oxygen atoms in total. The van der Waals surface area contributed by atoms with E-state index in [1.165, 1.54) is 0 Å². The van der Waals surface area contributed by atoms with Crippen molar-refractivity contribution in [1.82, 2.24) is 5.06 Å². The second kappa shape index (κ2) is 3.36. The van der Waals surface area contributed by atoms with Gasteiger partial charge in [0.05, 0.1) is 6.26 Å². The standard InChI is InChI=1S/C3H8N4O4S/c1-12(9,10)11-7(2(4)5)3(6)8/h1H3,(H3,4,5)(H2,6,8). The van der Waals surface area contributed by atoms with Crippen molar-refractivity contribution in [2.24, 2.45) is 11.5 Å². The van der Waals surface area contributed by atoms with Crippen molar-refractivity contribution >= 4 is 22.1 Å². The number of nitrogens with one attached hydrogen (secondary N) is 1. The van der Waals surface area contributed by atoms with Crippen molar-refractivity contribution in [2.75, 3.05) is 6.26 Å². The van der Waals surface area contributed by atoms with Crippen molar-refractivity contribution in [1.29, 1.82) is 5.41 Å². The van der Waals surface area contributed by atoms with Crippen LogP contribution in [0.25, 0.3) is 0 Å². The molecule has 0 unspecified atom stereocenters. The minimum atomic E-state index is -3.91. The summed E-state index contributed by atoms with van der Waals surface area (Å²) >= 11 is 0. The summed E-state index contributed by atoms with van der Waals surface area (Å²) in [6.07, 6.45) is 0.686. The van der Waals surface area contributed by atoms with Crippen LogP contribution in [0.3, 0.4) is 0 Å². The molecule has 0 spiro atoms. The monoisotopic (exact) mass is 196 g/mol. The molecule has 70 valence electrons. The predicted molar refractivity (Wildman–Crippen MR) is 39.3 cm³/mol. The smallest absolute Gasteiger partial charge is 0.347 e. The molecule has 0 aromatic rings. The van der Waals surface area contributed by atoms with Gasteiger partial charge in [0.15, 0.2) is 0 Å². The van der Waals surface area contributed by atoms with Gasteiger partial charge in [0.2, 0.25) is 5.96 Å². The molecule has 5 N–H and O–H groups in total. The lowest BCUT2D eigenvalue weighted by atomic mass is 10.9. The molecule has 0 aliphatic rings. The van der Waals surface area contributed by atoms with Crippen LogP contribution in [0.15, 0.2) is 0 Å². The normalized spacial score (nSPS) is 10.8. The highest BCUT2D eigenvalue weighted by Gasteiger charge is 2.19. The fraction of sp³-hybridized carbons (Fsp3) is 0.333. The number of primary amides is 1. The summed E-state index contributed by atoms with van der Waals surface area (Å²) in [5.41, 5.74) is 9.39. The molecule has 9 heteroatoms. The molecule has 0 saturated heterocycles. The summed E-state index contributed by atoms with van der Waals surface area (Å²) in [7, 11) is -3.91. The number of hydrogen-bond donors (Lipinski definition) is 3. The Kier molecular flexibility index (Phi) is 2.99. The van der Waals surface area contributed by atoms with Crippen LogP contribution in [0.4, 0.5) is 4.79 Å². The minimum absolute atomic E-state index is 0.0463. The molecule has 0 aromatic heterocycles. The van der Waals surface area contributed by atoms with Gasteiger partial charge in [-0.3, -0.25) is 5.41 Å². The SMILES string of the molecule is CS(=O)(=O)ON(C(=N)N)C(N)=O. The summed E-state index contributed by atoms with van der Waals surface area (Å²) in [6, 6.07) is -1.28. The van der Waals surface area contributed by atoms with Crippen LogP contribution in [-0.4, -0.2) is 31.7 Å². The van der Waals surface area contributed by atoms with E-state index < -0.39 is 22.1 Å². The molecule has 0 aliphatic heterocycles. The predicted octanol–water partition coefficient (Wildman–Crippen LogP) is -1.85. The third-order valence-electron chi connectivity index (χ3n) is 0.629. The first-order valence-electron chi connectivity index (χ1n) is 2.57. The van der Waals surface area contributed by atoms with Crippen LogP contribution < -0.4 is 11.5 Å². The van der Waals surface area contributed by atoms with Crippen molar-refractivity contribution in [3.63, 3.8) is 0 Å². The fourth-order valence-corrected chi connectivity index (χ4v) is 0.756. The van der Waals surface area contributed by atoms with Crippen LogP contribution in [0.1, 0.15) is 0 Å². The van der Waals surface area contributed by atoms with Crippen molar-refractivity contribution in [3.8, 4) is 0 Å². The van der Waals surface area contributed by atoms with Crippen molar-refractivity contribution in [2.45, 2.75) is 0 Å². The average Bonchev–Trinajstić information content (AvgIpc) is 1.79.